The summed E-state index contributed by atoms with van der Waals surface area (Å²) in [5.41, 5.74) is 1.06. The molecule has 108 valence electrons. The van der Waals surface area contributed by atoms with Crippen molar-refractivity contribution in [2.45, 2.75) is 56.7 Å². The molecule has 2 heteroatoms. The Balaban J connectivity index is 1.49. The van der Waals surface area contributed by atoms with Crippen molar-refractivity contribution in [2.75, 3.05) is 0 Å². The van der Waals surface area contributed by atoms with Gasteiger partial charge in [-0.05, 0) is 55.4 Å². The highest BCUT2D eigenvalue weighted by Crippen LogP contribution is 2.55. The third-order valence-electron chi connectivity index (χ3n) is 6.14. The van der Waals surface area contributed by atoms with Gasteiger partial charge in [-0.15, -0.1) is 0 Å². The van der Waals surface area contributed by atoms with Crippen molar-refractivity contribution in [1.82, 2.24) is 5.32 Å². The van der Waals surface area contributed by atoms with E-state index in [1.807, 2.05) is 0 Å². The van der Waals surface area contributed by atoms with Gasteiger partial charge in [-0.2, -0.15) is 0 Å². The number of hydrogen-bond donors (Lipinski definition) is 2. The summed E-state index contributed by atoms with van der Waals surface area (Å²) in [4.78, 5) is 0. The quantitative estimate of drug-likeness (QED) is 0.885. The minimum absolute atomic E-state index is 0.317. The van der Waals surface area contributed by atoms with Crippen LogP contribution < -0.4 is 5.32 Å². The van der Waals surface area contributed by atoms with Crippen LogP contribution in [0.5, 0.6) is 0 Å². The molecule has 20 heavy (non-hydrogen) atoms. The molecule has 0 aromatic heterocycles. The van der Waals surface area contributed by atoms with Gasteiger partial charge in [0.05, 0.1) is 5.60 Å². The minimum Gasteiger partial charge on any atom is -0.390 e. The van der Waals surface area contributed by atoms with Crippen molar-refractivity contribution in [3.8, 4) is 0 Å². The summed E-state index contributed by atoms with van der Waals surface area (Å²) in [6.45, 7) is 0.974. The molecule has 4 unspecified atom stereocenters. The van der Waals surface area contributed by atoms with Crippen molar-refractivity contribution < 1.29 is 5.11 Å². The zero-order valence-corrected chi connectivity index (χ0v) is 12.1. The maximum atomic E-state index is 10.9. The first-order chi connectivity index (χ1) is 9.74. The second-order valence-corrected chi connectivity index (χ2v) is 7.28. The van der Waals surface area contributed by atoms with Crippen LogP contribution in [-0.2, 0) is 6.54 Å². The molecule has 2 N–H and O–H groups in total. The van der Waals surface area contributed by atoms with E-state index < -0.39 is 0 Å². The Morgan fingerprint density at radius 1 is 1.15 bits per heavy atom. The third-order valence-corrected chi connectivity index (χ3v) is 6.14. The van der Waals surface area contributed by atoms with Crippen LogP contribution in [0, 0.1) is 17.8 Å². The molecular formula is C18H25NO. The van der Waals surface area contributed by atoms with Gasteiger partial charge >= 0.3 is 0 Å². The molecule has 4 rings (SSSR count). The number of hydrogen-bond acceptors (Lipinski definition) is 2. The minimum atomic E-state index is -0.317. The smallest absolute Gasteiger partial charge is 0.0679 e. The highest BCUT2D eigenvalue weighted by Gasteiger charge is 2.54. The van der Waals surface area contributed by atoms with E-state index in [0.29, 0.717) is 17.9 Å². The summed E-state index contributed by atoms with van der Waals surface area (Å²) >= 11 is 0. The SMILES string of the molecule is OC12CCCC3CC1C[C@H](C2)C3NCc1ccccc1. The van der Waals surface area contributed by atoms with E-state index in [0.717, 1.165) is 25.3 Å². The summed E-state index contributed by atoms with van der Waals surface area (Å²) < 4.78 is 0. The predicted octanol–water partition coefficient (Wildman–Crippen LogP) is 3.11. The number of fused-ring (bicyclic) bond motifs is 2. The molecule has 2 nitrogen and oxygen atoms in total. The highest BCUT2D eigenvalue weighted by atomic mass is 16.3. The molecule has 1 aromatic carbocycles. The molecule has 0 aliphatic heterocycles. The molecule has 3 aliphatic rings. The maximum absolute atomic E-state index is 10.9. The topological polar surface area (TPSA) is 32.3 Å². The monoisotopic (exact) mass is 271 g/mol. The van der Waals surface area contributed by atoms with Crippen molar-refractivity contribution in [3.05, 3.63) is 35.9 Å². The lowest BCUT2D eigenvalue weighted by Crippen LogP contribution is -2.43. The Labute approximate surface area is 121 Å². The van der Waals surface area contributed by atoms with Gasteiger partial charge in [0.25, 0.3) is 0 Å². The predicted molar refractivity (Wildman–Crippen MR) is 80.2 cm³/mol. The summed E-state index contributed by atoms with van der Waals surface area (Å²) in [5.74, 6) is 2.08. The van der Waals surface area contributed by atoms with Gasteiger partial charge in [-0.1, -0.05) is 36.8 Å². The van der Waals surface area contributed by atoms with Crippen LogP contribution in [0.4, 0.5) is 0 Å². The van der Waals surface area contributed by atoms with E-state index in [2.05, 4.69) is 35.6 Å². The fraction of sp³-hybridized carbons (Fsp3) is 0.667. The molecule has 0 saturated heterocycles. The van der Waals surface area contributed by atoms with E-state index in [1.54, 1.807) is 0 Å². The van der Waals surface area contributed by atoms with E-state index in [-0.39, 0.29) is 5.60 Å². The zero-order chi connectivity index (χ0) is 13.6. The molecule has 0 heterocycles. The van der Waals surface area contributed by atoms with Crippen LogP contribution in [0.15, 0.2) is 30.3 Å². The Morgan fingerprint density at radius 2 is 1.95 bits per heavy atom. The average molecular weight is 271 g/mol. The van der Waals surface area contributed by atoms with Crippen molar-refractivity contribution >= 4 is 0 Å². The average Bonchev–Trinajstić information content (AvgIpc) is 2.64. The van der Waals surface area contributed by atoms with E-state index >= 15 is 0 Å². The first-order valence-electron chi connectivity index (χ1n) is 8.24. The van der Waals surface area contributed by atoms with Gasteiger partial charge in [0.1, 0.15) is 0 Å². The molecular weight excluding hydrogens is 246 g/mol. The van der Waals surface area contributed by atoms with Crippen LogP contribution in [0.25, 0.3) is 0 Å². The normalized spacial score (nSPS) is 42.6. The summed E-state index contributed by atoms with van der Waals surface area (Å²) in [6, 6.07) is 11.3. The van der Waals surface area contributed by atoms with Crippen LogP contribution in [0.3, 0.4) is 0 Å². The number of benzene rings is 1. The van der Waals surface area contributed by atoms with Crippen molar-refractivity contribution in [3.63, 3.8) is 0 Å². The fourth-order valence-corrected chi connectivity index (χ4v) is 5.21. The lowest BCUT2D eigenvalue weighted by atomic mass is 9.75. The first kappa shape index (κ1) is 12.8. The fourth-order valence-electron chi connectivity index (χ4n) is 5.21. The summed E-state index contributed by atoms with van der Waals surface area (Å²) in [5, 5.41) is 14.7. The molecule has 0 radical (unpaired) electrons. The molecule has 0 spiro atoms. The van der Waals surface area contributed by atoms with Gasteiger partial charge in [0, 0.05) is 12.6 Å². The number of nitrogens with one attached hydrogen (secondary N) is 1. The van der Waals surface area contributed by atoms with Crippen LogP contribution in [-0.4, -0.2) is 16.7 Å². The van der Waals surface area contributed by atoms with E-state index in [9.17, 15) is 5.11 Å². The Hall–Kier alpha value is -0.860. The standard InChI is InChI=1S/C18H25NO/c20-18-8-4-7-14-9-16(18)10-15(11-18)17(14)19-12-13-5-2-1-3-6-13/h1-3,5-6,14-17,19-20H,4,7-12H2/t14?,15-,16?,17?,18?/m1/s1. The Bertz CT molecular complexity index is 472. The Kier molecular flexibility index (Phi) is 3.12. The summed E-state index contributed by atoms with van der Waals surface area (Å²) in [6.07, 6.45) is 7.12. The lowest BCUT2D eigenvalue weighted by Gasteiger charge is -2.37. The van der Waals surface area contributed by atoms with Gasteiger partial charge < -0.3 is 10.4 Å². The van der Waals surface area contributed by atoms with Gasteiger partial charge in [0.2, 0.25) is 0 Å². The number of aliphatic hydroxyl groups is 1. The molecule has 5 atom stereocenters. The van der Waals surface area contributed by atoms with Crippen LogP contribution in [0.1, 0.15) is 44.1 Å². The number of rotatable bonds is 3. The maximum Gasteiger partial charge on any atom is 0.0679 e. The second kappa shape index (κ2) is 4.85. The molecule has 3 fully saturated rings. The van der Waals surface area contributed by atoms with Gasteiger partial charge in [-0.3, -0.25) is 0 Å². The molecule has 0 amide bonds. The molecule has 3 aliphatic carbocycles. The Morgan fingerprint density at radius 3 is 2.80 bits per heavy atom. The summed E-state index contributed by atoms with van der Waals surface area (Å²) in [7, 11) is 0. The zero-order valence-electron chi connectivity index (χ0n) is 12.1. The first-order valence-corrected chi connectivity index (χ1v) is 8.24. The lowest BCUT2D eigenvalue weighted by molar-refractivity contribution is -0.00376. The molecule has 1 aromatic rings. The highest BCUT2D eigenvalue weighted by molar-refractivity contribution is 5.15. The van der Waals surface area contributed by atoms with Crippen LogP contribution in [0.2, 0.25) is 0 Å². The van der Waals surface area contributed by atoms with Crippen molar-refractivity contribution in [2.24, 2.45) is 17.8 Å². The third kappa shape index (κ3) is 2.10. The largest absolute Gasteiger partial charge is 0.390 e. The van der Waals surface area contributed by atoms with E-state index in [1.165, 1.54) is 31.2 Å². The van der Waals surface area contributed by atoms with Gasteiger partial charge in [0.15, 0.2) is 0 Å². The van der Waals surface area contributed by atoms with Crippen LogP contribution >= 0.6 is 0 Å². The van der Waals surface area contributed by atoms with E-state index in [4.69, 9.17) is 0 Å². The van der Waals surface area contributed by atoms with Crippen molar-refractivity contribution in [1.29, 1.82) is 0 Å². The second-order valence-electron chi connectivity index (χ2n) is 7.28. The molecule has 3 bridgehead atoms. The molecule has 3 saturated carbocycles. The van der Waals surface area contributed by atoms with Gasteiger partial charge in [-0.25, -0.2) is 0 Å².